The molecule has 0 amide bonds. The summed E-state index contributed by atoms with van der Waals surface area (Å²) >= 11 is 7.57. The fourth-order valence-electron chi connectivity index (χ4n) is 2.22. The van der Waals surface area contributed by atoms with Crippen molar-refractivity contribution in [2.75, 3.05) is 19.4 Å². The van der Waals surface area contributed by atoms with Crippen molar-refractivity contribution in [2.45, 2.75) is 17.6 Å². The number of aryl methyl sites for hydroxylation is 1. The Hall–Kier alpha value is -1.54. The Morgan fingerprint density at radius 3 is 2.65 bits per heavy atom. The van der Waals surface area contributed by atoms with Crippen LogP contribution in [0.25, 0.3) is 0 Å². The van der Waals surface area contributed by atoms with Crippen molar-refractivity contribution in [3.8, 4) is 0 Å². The lowest BCUT2D eigenvalue weighted by atomic mass is 10.1. The Kier molecular flexibility index (Phi) is 7.52. The number of nitrogens with one attached hydrogen (secondary N) is 1. The fraction of sp³-hybridized carbons (Fsp3) is 0.278. The van der Waals surface area contributed by atoms with E-state index in [2.05, 4.69) is 28.5 Å². The maximum absolute atomic E-state index is 12.4. The van der Waals surface area contributed by atoms with Crippen molar-refractivity contribution in [2.24, 2.45) is 0 Å². The molecule has 0 saturated heterocycles. The standard InChI is InChI=1S/C18H20ClNO4S2/c1-13-5-3-4-6-14(13)12-25-10-9-20-26(22,23)15-7-8-17(19)16(11-15)18(21)24-2/h3-8,11,20H,9-10,12H2,1-2H3. The molecule has 0 bridgehead atoms. The summed E-state index contributed by atoms with van der Waals surface area (Å²) in [6.07, 6.45) is 0. The number of hydrogen-bond donors (Lipinski definition) is 1. The van der Waals surface area contributed by atoms with Crippen LogP contribution in [0.1, 0.15) is 21.5 Å². The van der Waals surface area contributed by atoms with Gasteiger partial charge in [-0.15, -0.1) is 0 Å². The van der Waals surface area contributed by atoms with E-state index >= 15 is 0 Å². The van der Waals surface area contributed by atoms with Crippen LogP contribution < -0.4 is 4.72 Å². The van der Waals surface area contributed by atoms with Crippen molar-refractivity contribution in [3.05, 3.63) is 64.2 Å². The minimum atomic E-state index is -3.72. The van der Waals surface area contributed by atoms with Gasteiger partial charge in [0.2, 0.25) is 10.0 Å². The van der Waals surface area contributed by atoms with Crippen LogP contribution >= 0.6 is 23.4 Å². The Balaban J connectivity index is 1.93. The molecule has 1 N–H and O–H groups in total. The molecule has 0 spiro atoms. The molecule has 2 aromatic carbocycles. The third-order valence-electron chi connectivity index (χ3n) is 3.71. The van der Waals surface area contributed by atoms with E-state index in [0.29, 0.717) is 5.75 Å². The van der Waals surface area contributed by atoms with E-state index < -0.39 is 16.0 Å². The van der Waals surface area contributed by atoms with E-state index in [1.165, 1.54) is 36.4 Å². The summed E-state index contributed by atoms with van der Waals surface area (Å²) in [5, 5.41) is 0.143. The highest BCUT2D eigenvalue weighted by Gasteiger charge is 2.18. The summed E-state index contributed by atoms with van der Waals surface area (Å²) in [5.74, 6) is 0.771. The largest absolute Gasteiger partial charge is 0.465 e. The van der Waals surface area contributed by atoms with Gasteiger partial charge < -0.3 is 4.74 Å². The maximum atomic E-state index is 12.4. The Morgan fingerprint density at radius 1 is 1.23 bits per heavy atom. The molecule has 0 aliphatic rings. The number of halogens is 1. The first-order valence-electron chi connectivity index (χ1n) is 7.85. The lowest BCUT2D eigenvalue weighted by Gasteiger charge is -2.09. The van der Waals surface area contributed by atoms with Gasteiger partial charge in [-0.1, -0.05) is 35.9 Å². The van der Waals surface area contributed by atoms with Gasteiger partial charge >= 0.3 is 5.97 Å². The van der Waals surface area contributed by atoms with E-state index in [0.717, 1.165) is 5.75 Å². The summed E-state index contributed by atoms with van der Waals surface area (Å²) in [6.45, 7) is 2.34. The van der Waals surface area contributed by atoms with Crippen LogP contribution in [0.3, 0.4) is 0 Å². The Labute approximate surface area is 163 Å². The number of ether oxygens (including phenoxy) is 1. The first kappa shape index (κ1) is 20.8. The van der Waals surface area contributed by atoms with Crippen LogP contribution in [0.15, 0.2) is 47.4 Å². The van der Waals surface area contributed by atoms with E-state index in [4.69, 9.17) is 11.6 Å². The lowest BCUT2D eigenvalue weighted by Crippen LogP contribution is -2.26. The molecule has 5 nitrogen and oxygen atoms in total. The molecule has 0 aromatic heterocycles. The first-order chi connectivity index (χ1) is 12.3. The van der Waals surface area contributed by atoms with Crippen LogP contribution in [0.2, 0.25) is 5.02 Å². The molecular formula is C18H20ClNO4S2. The van der Waals surface area contributed by atoms with E-state index in [1.54, 1.807) is 11.8 Å². The topological polar surface area (TPSA) is 72.5 Å². The average Bonchev–Trinajstić information content (AvgIpc) is 2.62. The van der Waals surface area contributed by atoms with Crippen molar-refractivity contribution in [1.29, 1.82) is 0 Å². The quantitative estimate of drug-likeness (QED) is 0.528. The number of thioether (sulfide) groups is 1. The summed E-state index contributed by atoms with van der Waals surface area (Å²) < 4.78 is 31.9. The van der Waals surface area contributed by atoms with Crippen molar-refractivity contribution < 1.29 is 17.9 Å². The minimum absolute atomic E-state index is 0.0194. The molecule has 0 aliphatic heterocycles. The number of rotatable bonds is 8. The molecule has 140 valence electrons. The molecule has 0 unspecified atom stereocenters. The fourth-order valence-corrected chi connectivity index (χ4v) is 4.54. The number of carbonyl (C=O) groups is 1. The average molecular weight is 414 g/mol. The third-order valence-corrected chi connectivity index (χ3v) is 6.51. The zero-order valence-corrected chi connectivity index (χ0v) is 16.9. The van der Waals surface area contributed by atoms with Crippen molar-refractivity contribution >= 4 is 39.4 Å². The van der Waals surface area contributed by atoms with Gasteiger partial charge in [0.05, 0.1) is 22.6 Å². The molecule has 0 saturated carbocycles. The second-order valence-corrected chi connectivity index (χ2v) is 8.79. The number of methoxy groups -OCH3 is 1. The van der Waals surface area contributed by atoms with Crippen LogP contribution in [0.5, 0.6) is 0 Å². The van der Waals surface area contributed by atoms with E-state index in [-0.39, 0.29) is 22.0 Å². The number of carbonyl (C=O) groups excluding carboxylic acids is 1. The van der Waals surface area contributed by atoms with Gasteiger partial charge in [0.1, 0.15) is 0 Å². The molecular weight excluding hydrogens is 394 g/mol. The van der Waals surface area contributed by atoms with Gasteiger partial charge in [0.25, 0.3) is 0 Å². The first-order valence-corrected chi connectivity index (χ1v) is 10.9. The van der Waals surface area contributed by atoms with Crippen molar-refractivity contribution in [1.82, 2.24) is 4.72 Å². The van der Waals surface area contributed by atoms with Crippen LogP contribution in [-0.2, 0) is 20.5 Å². The highest BCUT2D eigenvalue weighted by Crippen LogP contribution is 2.21. The van der Waals surface area contributed by atoms with Crippen LogP contribution in [0.4, 0.5) is 0 Å². The zero-order chi connectivity index (χ0) is 19.2. The predicted octanol–water partition coefficient (Wildman–Crippen LogP) is 3.65. The second-order valence-electron chi connectivity index (χ2n) is 5.51. The van der Waals surface area contributed by atoms with E-state index in [9.17, 15) is 13.2 Å². The molecule has 2 rings (SSSR count). The van der Waals surface area contributed by atoms with Gasteiger partial charge in [-0.25, -0.2) is 17.9 Å². The summed E-state index contributed by atoms with van der Waals surface area (Å²) in [5.41, 5.74) is 2.48. The highest BCUT2D eigenvalue weighted by molar-refractivity contribution is 7.98. The molecule has 0 aliphatic carbocycles. The summed E-state index contributed by atoms with van der Waals surface area (Å²) in [6, 6.07) is 12.0. The number of benzene rings is 2. The molecule has 0 fully saturated rings. The lowest BCUT2D eigenvalue weighted by molar-refractivity contribution is 0.0600. The molecule has 0 radical (unpaired) electrons. The van der Waals surface area contributed by atoms with Gasteiger partial charge in [-0.2, -0.15) is 11.8 Å². The van der Waals surface area contributed by atoms with Gasteiger partial charge in [0.15, 0.2) is 0 Å². The third kappa shape index (κ3) is 5.48. The molecule has 0 atom stereocenters. The SMILES string of the molecule is COC(=O)c1cc(S(=O)(=O)NCCSCc2ccccc2C)ccc1Cl. The monoisotopic (exact) mass is 413 g/mol. The van der Waals surface area contributed by atoms with Gasteiger partial charge in [0, 0.05) is 18.1 Å². The van der Waals surface area contributed by atoms with Gasteiger partial charge in [-0.3, -0.25) is 0 Å². The number of sulfonamides is 1. The second kappa shape index (κ2) is 9.41. The molecule has 8 heteroatoms. The minimum Gasteiger partial charge on any atom is -0.465 e. The number of hydrogen-bond acceptors (Lipinski definition) is 5. The number of esters is 1. The van der Waals surface area contributed by atoms with Crippen LogP contribution in [0, 0.1) is 6.92 Å². The highest BCUT2D eigenvalue weighted by atomic mass is 35.5. The van der Waals surface area contributed by atoms with E-state index in [1.807, 2.05) is 12.1 Å². The van der Waals surface area contributed by atoms with Gasteiger partial charge in [-0.05, 0) is 36.2 Å². The maximum Gasteiger partial charge on any atom is 0.339 e. The molecule has 0 heterocycles. The predicted molar refractivity (Wildman–Crippen MR) is 105 cm³/mol. The Morgan fingerprint density at radius 2 is 1.96 bits per heavy atom. The summed E-state index contributed by atoms with van der Waals surface area (Å²) in [7, 11) is -2.51. The van der Waals surface area contributed by atoms with Crippen molar-refractivity contribution in [3.63, 3.8) is 0 Å². The molecule has 26 heavy (non-hydrogen) atoms. The van der Waals surface area contributed by atoms with Crippen LogP contribution in [-0.4, -0.2) is 33.8 Å². The Bertz CT molecular complexity index is 885. The molecule has 2 aromatic rings. The zero-order valence-electron chi connectivity index (χ0n) is 14.5. The normalized spacial score (nSPS) is 11.3. The summed E-state index contributed by atoms with van der Waals surface area (Å²) in [4.78, 5) is 11.6. The smallest absolute Gasteiger partial charge is 0.339 e.